The predicted octanol–water partition coefficient (Wildman–Crippen LogP) is 3.88. The summed E-state index contributed by atoms with van der Waals surface area (Å²) in [6, 6.07) is 9.22. The SMILES string of the molecule is CC(OCCC1(C(=O)OCc2ccccc2)CCCOC1)C(F)(F)F. The van der Waals surface area contributed by atoms with Crippen LogP contribution in [0.1, 0.15) is 31.7 Å². The summed E-state index contributed by atoms with van der Waals surface area (Å²) < 4.78 is 53.3. The maximum Gasteiger partial charge on any atom is 0.414 e. The Morgan fingerprint density at radius 2 is 2.04 bits per heavy atom. The lowest BCUT2D eigenvalue weighted by atomic mass is 9.79. The van der Waals surface area contributed by atoms with Crippen LogP contribution < -0.4 is 0 Å². The highest BCUT2D eigenvalue weighted by Gasteiger charge is 2.43. The third-order valence-corrected chi connectivity index (χ3v) is 4.38. The minimum atomic E-state index is -4.41. The lowest BCUT2D eigenvalue weighted by Crippen LogP contribution is -2.42. The van der Waals surface area contributed by atoms with Crippen LogP contribution in [-0.2, 0) is 25.6 Å². The molecule has 2 unspecified atom stereocenters. The van der Waals surface area contributed by atoms with Gasteiger partial charge in [0.25, 0.3) is 0 Å². The molecule has 0 N–H and O–H groups in total. The van der Waals surface area contributed by atoms with Crippen molar-refractivity contribution >= 4 is 5.97 Å². The summed E-state index contributed by atoms with van der Waals surface area (Å²) >= 11 is 0. The van der Waals surface area contributed by atoms with E-state index in [0.717, 1.165) is 12.5 Å². The fourth-order valence-electron chi connectivity index (χ4n) is 2.71. The molecule has 1 aliphatic rings. The van der Waals surface area contributed by atoms with Crippen molar-refractivity contribution in [2.75, 3.05) is 19.8 Å². The monoisotopic (exact) mass is 360 g/mol. The van der Waals surface area contributed by atoms with Gasteiger partial charge >= 0.3 is 12.1 Å². The second-order valence-corrected chi connectivity index (χ2v) is 6.30. The Morgan fingerprint density at radius 3 is 2.64 bits per heavy atom. The van der Waals surface area contributed by atoms with E-state index in [2.05, 4.69) is 0 Å². The number of alkyl halides is 3. The van der Waals surface area contributed by atoms with Gasteiger partial charge in [-0.15, -0.1) is 0 Å². The van der Waals surface area contributed by atoms with Crippen molar-refractivity contribution in [3.63, 3.8) is 0 Å². The number of carbonyl (C=O) groups excluding carboxylic acids is 1. The minimum Gasteiger partial charge on any atom is -0.460 e. The zero-order valence-corrected chi connectivity index (χ0v) is 14.2. The number of halogens is 3. The van der Waals surface area contributed by atoms with Gasteiger partial charge in [-0.05, 0) is 31.7 Å². The third kappa shape index (κ3) is 5.71. The summed E-state index contributed by atoms with van der Waals surface area (Å²) in [4.78, 5) is 12.6. The van der Waals surface area contributed by atoms with Crippen molar-refractivity contribution in [2.24, 2.45) is 5.41 Å². The molecule has 1 heterocycles. The van der Waals surface area contributed by atoms with Gasteiger partial charge in [0.2, 0.25) is 0 Å². The number of esters is 1. The first kappa shape index (κ1) is 19.7. The summed E-state index contributed by atoms with van der Waals surface area (Å²) in [6.45, 7) is 1.58. The molecule has 140 valence electrons. The highest BCUT2D eigenvalue weighted by Crippen LogP contribution is 2.35. The summed E-state index contributed by atoms with van der Waals surface area (Å²) in [5.41, 5.74) is -0.0945. The fourth-order valence-corrected chi connectivity index (χ4v) is 2.71. The van der Waals surface area contributed by atoms with Gasteiger partial charge in [-0.1, -0.05) is 30.3 Å². The van der Waals surface area contributed by atoms with Gasteiger partial charge in [-0.25, -0.2) is 0 Å². The first-order valence-electron chi connectivity index (χ1n) is 8.31. The Balaban J connectivity index is 1.93. The van der Waals surface area contributed by atoms with Gasteiger partial charge in [-0.2, -0.15) is 13.2 Å². The Kier molecular flexibility index (Phi) is 6.84. The molecular weight excluding hydrogens is 337 g/mol. The van der Waals surface area contributed by atoms with E-state index in [4.69, 9.17) is 14.2 Å². The zero-order chi connectivity index (χ0) is 18.3. The molecule has 1 aromatic carbocycles. The number of carbonyl (C=O) groups is 1. The van der Waals surface area contributed by atoms with Crippen molar-refractivity contribution in [3.05, 3.63) is 35.9 Å². The lowest BCUT2D eigenvalue weighted by Gasteiger charge is -2.35. The minimum absolute atomic E-state index is 0.126. The molecule has 1 aliphatic heterocycles. The quantitative estimate of drug-likeness (QED) is 0.692. The summed E-state index contributed by atoms with van der Waals surface area (Å²) in [5, 5.41) is 0. The van der Waals surface area contributed by atoms with E-state index >= 15 is 0 Å². The maximum atomic E-state index is 12.6. The van der Waals surface area contributed by atoms with Crippen molar-refractivity contribution in [1.29, 1.82) is 0 Å². The summed E-state index contributed by atoms with van der Waals surface area (Å²) in [5.74, 6) is -0.445. The molecule has 1 fully saturated rings. The molecule has 0 aromatic heterocycles. The number of rotatable bonds is 7. The molecule has 1 saturated heterocycles. The Bertz CT molecular complexity index is 539. The highest BCUT2D eigenvalue weighted by molar-refractivity contribution is 5.77. The molecule has 1 aromatic rings. The number of hydrogen-bond donors (Lipinski definition) is 0. The highest BCUT2D eigenvalue weighted by atomic mass is 19.4. The van der Waals surface area contributed by atoms with Crippen LogP contribution in [0.5, 0.6) is 0 Å². The van der Waals surface area contributed by atoms with Crippen molar-refractivity contribution in [3.8, 4) is 0 Å². The largest absolute Gasteiger partial charge is 0.460 e. The second kappa shape index (κ2) is 8.67. The van der Waals surface area contributed by atoms with Crippen LogP contribution in [0.3, 0.4) is 0 Å². The Hall–Kier alpha value is -1.60. The van der Waals surface area contributed by atoms with Crippen molar-refractivity contribution in [1.82, 2.24) is 0 Å². The molecule has 0 spiro atoms. The third-order valence-electron chi connectivity index (χ3n) is 4.38. The molecule has 0 bridgehead atoms. The smallest absolute Gasteiger partial charge is 0.414 e. The van der Waals surface area contributed by atoms with Crippen molar-refractivity contribution in [2.45, 2.75) is 45.1 Å². The maximum absolute atomic E-state index is 12.6. The van der Waals surface area contributed by atoms with Crippen LogP contribution in [0.4, 0.5) is 13.2 Å². The van der Waals surface area contributed by atoms with Gasteiger partial charge in [0, 0.05) is 13.2 Å². The predicted molar refractivity (Wildman–Crippen MR) is 84.8 cm³/mol. The van der Waals surface area contributed by atoms with Gasteiger partial charge in [0.1, 0.15) is 6.61 Å². The first-order valence-corrected chi connectivity index (χ1v) is 8.31. The van der Waals surface area contributed by atoms with E-state index in [1.807, 2.05) is 30.3 Å². The van der Waals surface area contributed by atoms with Crippen molar-refractivity contribution < 1.29 is 32.2 Å². The van der Waals surface area contributed by atoms with Gasteiger partial charge < -0.3 is 14.2 Å². The average Bonchev–Trinajstić information content (AvgIpc) is 2.60. The van der Waals surface area contributed by atoms with Gasteiger partial charge in [0.05, 0.1) is 12.0 Å². The van der Waals surface area contributed by atoms with Crippen LogP contribution in [0.25, 0.3) is 0 Å². The van der Waals surface area contributed by atoms with Crippen LogP contribution in [0, 0.1) is 5.41 Å². The molecule has 0 radical (unpaired) electrons. The van der Waals surface area contributed by atoms with E-state index < -0.39 is 23.7 Å². The zero-order valence-electron chi connectivity index (χ0n) is 14.2. The van der Waals surface area contributed by atoms with E-state index in [1.165, 1.54) is 0 Å². The molecule has 7 heteroatoms. The fraction of sp³-hybridized carbons (Fsp3) is 0.611. The molecule has 2 rings (SSSR count). The van der Waals surface area contributed by atoms with Crippen LogP contribution in [-0.4, -0.2) is 38.1 Å². The Morgan fingerprint density at radius 1 is 1.32 bits per heavy atom. The van der Waals surface area contributed by atoms with E-state index in [1.54, 1.807) is 0 Å². The molecule has 2 atom stereocenters. The molecule has 4 nitrogen and oxygen atoms in total. The standard InChI is InChI=1S/C18H23F3O4/c1-14(18(19,20)21)24-11-9-17(8-5-10-23-13-17)16(22)25-12-15-6-3-2-4-7-15/h2-4,6-7,14H,5,8-13H2,1H3. The normalized spacial score (nSPS) is 22.4. The van der Waals surface area contributed by atoms with Gasteiger partial charge in [-0.3, -0.25) is 4.79 Å². The first-order chi connectivity index (χ1) is 11.8. The second-order valence-electron chi connectivity index (χ2n) is 6.30. The topological polar surface area (TPSA) is 44.8 Å². The number of ether oxygens (including phenoxy) is 3. The van der Waals surface area contributed by atoms with E-state index in [0.29, 0.717) is 19.4 Å². The molecule has 0 amide bonds. The molecule has 0 saturated carbocycles. The van der Waals surface area contributed by atoms with E-state index in [-0.39, 0.29) is 26.2 Å². The summed E-state index contributed by atoms with van der Waals surface area (Å²) in [7, 11) is 0. The molecular formula is C18H23F3O4. The van der Waals surface area contributed by atoms with Crippen LogP contribution in [0.2, 0.25) is 0 Å². The molecule has 25 heavy (non-hydrogen) atoms. The number of hydrogen-bond acceptors (Lipinski definition) is 4. The Labute approximate surface area is 145 Å². The van der Waals surface area contributed by atoms with Gasteiger partial charge in [0.15, 0.2) is 6.10 Å². The molecule has 0 aliphatic carbocycles. The summed E-state index contributed by atoms with van der Waals surface area (Å²) in [6.07, 6.45) is -4.96. The van der Waals surface area contributed by atoms with Crippen LogP contribution in [0.15, 0.2) is 30.3 Å². The average molecular weight is 360 g/mol. The van der Waals surface area contributed by atoms with Crippen LogP contribution >= 0.6 is 0 Å². The lowest BCUT2D eigenvalue weighted by molar-refractivity contribution is -0.217. The van der Waals surface area contributed by atoms with E-state index in [9.17, 15) is 18.0 Å². The number of benzene rings is 1.